The van der Waals surface area contributed by atoms with Crippen molar-refractivity contribution in [1.82, 2.24) is 25.8 Å². The van der Waals surface area contributed by atoms with Gasteiger partial charge in [-0.15, -0.1) is 5.10 Å². The summed E-state index contributed by atoms with van der Waals surface area (Å²) in [5.74, 6) is -0.377. The molecule has 7 nitrogen and oxygen atoms in total. The Hall–Kier alpha value is -3.23. The second kappa shape index (κ2) is 9.63. The van der Waals surface area contributed by atoms with Crippen LogP contribution in [0.1, 0.15) is 11.3 Å². The summed E-state index contributed by atoms with van der Waals surface area (Å²) in [6.07, 6.45) is 4.67. The van der Waals surface area contributed by atoms with Crippen LogP contribution in [0.2, 0.25) is 5.02 Å². The Balaban J connectivity index is 1.44. The van der Waals surface area contributed by atoms with Crippen molar-refractivity contribution in [3.8, 4) is 0 Å². The molecular weight excluding hydrogens is 396 g/mol. The van der Waals surface area contributed by atoms with Crippen LogP contribution in [0.5, 0.6) is 0 Å². The molecule has 2 aromatic carbocycles. The van der Waals surface area contributed by atoms with Crippen molar-refractivity contribution in [3.05, 3.63) is 83.2 Å². The maximum absolute atomic E-state index is 11.9. The summed E-state index contributed by atoms with van der Waals surface area (Å²) in [5.41, 5.74) is 7.53. The van der Waals surface area contributed by atoms with Gasteiger partial charge in [-0.2, -0.15) is 0 Å². The van der Waals surface area contributed by atoms with E-state index in [1.807, 2.05) is 30.3 Å². The van der Waals surface area contributed by atoms with E-state index in [0.717, 1.165) is 11.3 Å². The minimum Gasteiger partial charge on any atom is -0.331 e. The summed E-state index contributed by atoms with van der Waals surface area (Å²) in [6.45, 7) is 0.611. The Morgan fingerprint density at radius 1 is 1.11 bits per heavy atom. The number of nitrogens with one attached hydrogen (secondary N) is 3. The van der Waals surface area contributed by atoms with Gasteiger partial charge in [0.05, 0.1) is 12.7 Å². The highest BCUT2D eigenvalue weighted by Gasteiger charge is 2.02. The summed E-state index contributed by atoms with van der Waals surface area (Å²) < 4.78 is 1.70. The van der Waals surface area contributed by atoms with E-state index in [9.17, 15) is 4.79 Å². The number of anilines is 1. The molecule has 1 aromatic heterocycles. The summed E-state index contributed by atoms with van der Waals surface area (Å²) in [6, 6.07) is 16.9. The standard InChI is InChI=1S/C19H17ClN6OS/c20-15-6-8-16(9-7-15)21-19(28)24-23-18(27)11-10-17-13-26(25-22-17)12-14-4-2-1-3-5-14/h1-11,13H,12H2,(H,23,27)(H2,21,24,28)/b11-10+. The number of nitrogens with zero attached hydrogens (tertiary/aromatic N) is 3. The molecule has 142 valence electrons. The van der Waals surface area contributed by atoms with Gasteiger partial charge in [0.25, 0.3) is 5.91 Å². The first-order chi connectivity index (χ1) is 13.6. The molecule has 3 aromatic rings. The van der Waals surface area contributed by atoms with Crippen LogP contribution in [0.15, 0.2) is 66.9 Å². The molecule has 0 unspecified atom stereocenters. The average Bonchev–Trinajstić information content (AvgIpc) is 3.15. The molecule has 0 fully saturated rings. The highest BCUT2D eigenvalue weighted by atomic mass is 35.5. The zero-order valence-electron chi connectivity index (χ0n) is 14.7. The Kier molecular flexibility index (Phi) is 6.72. The molecule has 28 heavy (non-hydrogen) atoms. The molecule has 1 amide bonds. The predicted molar refractivity (Wildman–Crippen MR) is 114 cm³/mol. The van der Waals surface area contributed by atoms with E-state index in [1.54, 1.807) is 41.2 Å². The number of hydrazine groups is 1. The fourth-order valence-corrected chi connectivity index (χ4v) is 2.55. The second-order valence-corrected chi connectivity index (χ2v) is 6.58. The minimum atomic E-state index is -0.377. The lowest BCUT2D eigenvalue weighted by Crippen LogP contribution is -2.43. The average molecular weight is 413 g/mol. The number of aromatic nitrogens is 3. The monoisotopic (exact) mass is 412 g/mol. The molecule has 0 aliphatic carbocycles. The van der Waals surface area contributed by atoms with E-state index in [0.29, 0.717) is 17.3 Å². The van der Waals surface area contributed by atoms with Crippen LogP contribution in [0, 0.1) is 0 Å². The number of hydrogen-bond acceptors (Lipinski definition) is 4. The molecule has 0 atom stereocenters. The van der Waals surface area contributed by atoms with Gasteiger partial charge in [0.1, 0.15) is 5.69 Å². The fraction of sp³-hybridized carbons (Fsp3) is 0.0526. The van der Waals surface area contributed by atoms with Crippen LogP contribution >= 0.6 is 23.8 Å². The number of hydrogen-bond donors (Lipinski definition) is 3. The van der Waals surface area contributed by atoms with Gasteiger partial charge >= 0.3 is 0 Å². The molecule has 0 saturated carbocycles. The first kappa shape index (κ1) is 19.5. The van der Waals surface area contributed by atoms with Gasteiger partial charge < -0.3 is 5.32 Å². The summed E-state index contributed by atoms with van der Waals surface area (Å²) in [5, 5.41) is 11.9. The normalized spacial score (nSPS) is 10.6. The van der Waals surface area contributed by atoms with Gasteiger partial charge in [-0.3, -0.25) is 15.6 Å². The molecule has 0 radical (unpaired) electrons. The van der Waals surface area contributed by atoms with Crippen LogP contribution in [0.25, 0.3) is 6.08 Å². The smallest absolute Gasteiger partial charge is 0.262 e. The molecule has 0 aliphatic heterocycles. The van der Waals surface area contributed by atoms with Crippen LogP contribution in [-0.2, 0) is 11.3 Å². The van der Waals surface area contributed by atoms with E-state index in [2.05, 4.69) is 26.5 Å². The van der Waals surface area contributed by atoms with Gasteiger partial charge in [0.15, 0.2) is 5.11 Å². The molecule has 3 rings (SSSR count). The van der Waals surface area contributed by atoms with Gasteiger partial charge in [-0.25, -0.2) is 4.68 Å². The number of amides is 1. The van der Waals surface area contributed by atoms with E-state index in [-0.39, 0.29) is 11.0 Å². The first-order valence-corrected chi connectivity index (χ1v) is 9.12. The zero-order valence-corrected chi connectivity index (χ0v) is 16.2. The van der Waals surface area contributed by atoms with Gasteiger partial charge in [0, 0.05) is 16.8 Å². The van der Waals surface area contributed by atoms with Gasteiger partial charge in [-0.1, -0.05) is 47.1 Å². The van der Waals surface area contributed by atoms with Crippen molar-refractivity contribution in [3.63, 3.8) is 0 Å². The van der Waals surface area contributed by atoms with Crippen LogP contribution in [0.4, 0.5) is 5.69 Å². The predicted octanol–water partition coefficient (Wildman–Crippen LogP) is 3.01. The highest BCUT2D eigenvalue weighted by Crippen LogP contribution is 2.13. The minimum absolute atomic E-state index is 0.248. The Bertz CT molecular complexity index is 972. The van der Waals surface area contributed by atoms with Gasteiger partial charge in [0.2, 0.25) is 0 Å². The lowest BCUT2D eigenvalue weighted by molar-refractivity contribution is -0.116. The Morgan fingerprint density at radius 3 is 2.61 bits per heavy atom. The van der Waals surface area contributed by atoms with Crippen LogP contribution in [0.3, 0.4) is 0 Å². The van der Waals surface area contributed by atoms with E-state index in [1.165, 1.54) is 6.08 Å². The molecule has 0 aliphatic rings. The van der Waals surface area contributed by atoms with Crippen molar-refractivity contribution in [2.75, 3.05) is 5.32 Å². The van der Waals surface area contributed by atoms with Crippen molar-refractivity contribution >= 4 is 46.6 Å². The lowest BCUT2D eigenvalue weighted by atomic mass is 10.2. The molecule has 3 N–H and O–H groups in total. The largest absolute Gasteiger partial charge is 0.331 e. The second-order valence-electron chi connectivity index (χ2n) is 5.74. The highest BCUT2D eigenvalue weighted by molar-refractivity contribution is 7.80. The van der Waals surface area contributed by atoms with E-state index >= 15 is 0 Å². The number of rotatable bonds is 5. The molecule has 1 heterocycles. The lowest BCUT2D eigenvalue weighted by Gasteiger charge is -2.10. The first-order valence-electron chi connectivity index (χ1n) is 8.33. The molecule has 0 bridgehead atoms. The summed E-state index contributed by atoms with van der Waals surface area (Å²) >= 11 is 10.9. The number of thiocarbonyl (C=S) groups is 1. The van der Waals surface area contributed by atoms with E-state index < -0.39 is 0 Å². The third-order valence-corrected chi connectivity index (χ3v) is 4.01. The van der Waals surface area contributed by atoms with E-state index in [4.69, 9.17) is 23.8 Å². The van der Waals surface area contributed by atoms with Gasteiger partial charge in [-0.05, 0) is 48.1 Å². The summed E-state index contributed by atoms with van der Waals surface area (Å²) in [4.78, 5) is 11.9. The fourth-order valence-electron chi connectivity index (χ4n) is 2.25. The number of carbonyl (C=O) groups excluding carboxylic acids is 1. The Labute approximate surface area is 172 Å². The molecule has 0 saturated heterocycles. The number of carbonyl (C=O) groups is 1. The topological polar surface area (TPSA) is 83.9 Å². The van der Waals surface area contributed by atoms with Crippen molar-refractivity contribution in [2.24, 2.45) is 0 Å². The zero-order chi connectivity index (χ0) is 19.8. The van der Waals surface area contributed by atoms with Crippen LogP contribution in [-0.4, -0.2) is 26.0 Å². The van der Waals surface area contributed by atoms with Crippen molar-refractivity contribution in [1.29, 1.82) is 0 Å². The van der Waals surface area contributed by atoms with Crippen molar-refractivity contribution in [2.45, 2.75) is 6.54 Å². The molecule has 9 heteroatoms. The van der Waals surface area contributed by atoms with Crippen LogP contribution < -0.4 is 16.2 Å². The maximum Gasteiger partial charge on any atom is 0.262 e. The number of halogens is 1. The third-order valence-electron chi connectivity index (χ3n) is 3.55. The Morgan fingerprint density at radius 2 is 1.86 bits per heavy atom. The third kappa shape index (κ3) is 6.19. The molecule has 0 spiro atoms. The molecular formula is C19H17ClN6OS. The number of benzene rings is 2. The SMILES string of the molecule is O=C(/C=C/c1cn(Cc2ccccc2)nn1)NNC(=S)Nc1ccc(Cl)cc1. The quantitative estimate of drug-likeness (QED) is 0.339. The maximum atomic E-state index is 11.9. The summed E-state index contributed by atoms with van der Waals surface area (Å²) in [7, 11) is 0. The van der Waals surface area contributed by atoms with Crippen molar-refractivity contribution < 1.29 is 4.79 Å².